The van der Waals surface area contributed by atoms with Crippen LogP contribution in [0.3, 0.4) is 0 Å². The van der Waals surface area contributed by atoms with Gasteiger partial charge in [-0.25, -0.2) is 9.97 Å². The summed E-state index contributed by atoms with van der Waals surface area (Å²) < 4.78 is 0. The molecule has 3 aromatic heterocycles. The second-order valence-electron chi connectivity index (χ2n) is 11.2. The van der Waals surface area contributed by atoms with E-state index in [0.717, 1.165) is 63.0 Å². The van der Waals surface area contributed by atoms with E-state index in [-0.39, 0.29) is 11.6 Å². The van der Waals surface area contributed by atoms with Crippen molar-refractivity contribution < 1.29 is 9.59 Å². The number of rotatable bonds is 4. The van der Waals surface area contributed by atoms with Crippen LogP contribution in [0.1, 0.15) is 109 Å². The largest absolute Gasteiger partial charge is 0.355 e. The summed E-state index contributed by atoms with van der Waals surface area (Å²) in [6, 6.07) is 7.85. The molecule has 3 aromatic rings. The van der Waals surface area contributed by atoms with Gasteiger partial charge in [-0.2, -0.15) is 0 Å². The maximum atomic E-state index is 13.7. The molecule has 8 bridgehead atoms. The number of aromatic amines is 2. The van der Waals surface area contributed by atoms with Crippen molar-refractivity contribution in [2.75, 3.05) is 0 Å². The fourth-order valence-electron chi connectivity index (χ4n) is 6.02. The zero-order chi connectivity index (χ0) is 27.6. The van der Waals surface area contributed by atoms with Crippen LogP contribution in [-0.2, 0) is 23.7 Å². The number of carbonyl (C=O) groups is 2. The molecule has 0 radical (unpaired) electrons. The Hall–Kier alpha value is -3.54. The zero-order valence-corrected chi connectivity index (χ0v) is 23.8. The zero-order valence-electron chi connectivity index (χ0n) is 23.8. The van der Waals surface area contributed by atoms with Gasteiger partial charge >= 0.3 is 0 Å². The molecule has 2 atom stereocenters. The second kappa shape index (κ2) is 9.04. The summed E-state index contributed by atoms with van der Waals surface area (Å²) in [5.41, 5.74) is 9.20. The molecule has 198 valence electrons. The molecule has 6 heteroatoms. The number of aromatic nitrogens is 4. The molecule has 0 aliphatic carbocycles. The van der Waals surface area contributed by atoms with Crippen molar-refractivity contribution in [1.82, 2.24) is 19.9 Å². The molecule has 2 aliphatic rings. The van der Waals surface area contributed by atoms with Gasteiger partial charge in [0, 0.05) is 22.1 Å². The van der Waals surface area contributed by atoms with Gasteiger partial charge in [0.1, 0.15) is 11.4 Å². The van der Waals surface area contributed by atoms with Gasteiger partial charge in [-0.3, -0.25) is 9.59 Å². The standard InChI is InChI=1S/C32H38N4O2/c1-9-19-17(5)21-13-25-29(37)32(8,12-4)28(35-25)16-24-20(10-2)18(6)22(34-24)15-27-31(7,11-3)30(38)26(36-27)14-23(19)33-21/h13-16,33-34H,9-12H2,1-8H3. The van der Waals surface area contributed by atoms with E-state index < -0.39 is 10.8 Å². The summed E-state index contributed by atoms with van der Waals surface area (Å²) in [5, 5.41) is 0. The molecular formula is C32H38N4O2. The molecular weight excluding hydrogens is 472 g/mol. The summed E-state index contributed by atoms with van der Waals surface area (Å²) in [6.07, 6.45) is 2.95. The van der Waals surface area contributed by atoms with Crippen LogP contribution in [-0.4, -0.2) is 31.5 Å². The Morgan fingerprint density at radius 3 is 1.42 bits per heavy atom. The average Bonchev–Trinajstić information content (AvgIpc) is 3.52. The number of nitrogens with zero attached hydrogens (tertiary/aromatic N) is 2. The van der Waals surface area contributed by atoms with Gasteiger partial charge in [-0.15, -0.1) is 0 Å². The van der Waals surface area contributed by atoms with Crippen LogP contribution in [0.15, 0.2) is 24.3 Å². The molecule has 0 fully saturated rings. The number of Topliss-reactive ketones (excluding diaryl/α,β-unsaturated/α-hetero) is 2. The molecule has 0 aromatic carbocycles. The highest BCUT2D eigenvalue weighted by Gasteiger charge is 2.42. The van der Waals surface area contributed by atoms with E-state index in [9.17, 15) is 9.59 Å². The number of nitrogens with one attached hydrogen (secondary N) is 2. The number of hydrogen-bond donors (Lipinski definition) is 2. The van der Waals surface area contributed by atoms with Crippen LogP contribution >= 0.6 is 0 Å². The minimum atomic E-state index is -0.692. The number of H-pyrrole nitrogens is 2. The lowest BCUT2D eigenvalue weighted by molar-refractivity contribution is 0.0897. The van der Waals surface area contributed by atoms with Crippen LogP contribution in [0, 0.1) is 13.8 Å². The normalized spacial score (nSPS) is 21.4. The lowest BCUT2D eigenvalue weighted by atomic mass is 9.80. The van der Waals surface area contributed by atoms with Gasteiger partial charge in [0.15, 0.2) is 11.6 Å². The van der Waals surface area contributed by atoms with Crippen molar-refractivity contribution in [3.8, 4) is 0 Å². The average molecular weight is 511 g/mol. The van der Waals surface area contributed by atoms with E-state index in [1.54, 1.807) is 0 Å². The maximum Gasteiger partial charge on any atom is 0.193 e. The quantitative estimate of drug-likeness (QED) is 0.390. The molecule has 0 spiro atoms. The highest BCUT2D eigenvalue weighted by atomic mass is 16.1. The van der Waals surface area contributed by atoms with E-state index in [1.165, 1.54) is 5.56 Å². The minimum absolute atomic E-state index is 0.0362. The Kier molecular flexibility index (Phi) is 6.20. The monoisotopic (exact) mass is 510 g/mol. The second-order valence-corrected chi connectivity index (χ2v) is 11.2. The van der Waals surface area contributed by atoms with Crippen molar-refractivity contribution in [2.45, 2.75) is 91.9 Å². The lowest BCUT2D eigenvalue weighted by Crippen LogP contribution is -2.27. The first-order chi connectivity index (χ1) is 18.0. The molecule has 6 nitrogen and oxygen atoms in total. The Bertz CT molecular complexity index is 1660. The Labute approximate surface area is 224 Å². The van der Waals surface area contributed by atoms with Crippen LogP contribution < -0.4 is 0 Å². The topological polar surface area (TPSA) is 91.5 Å². The third-order valence-electron chi connectivity index (χ3n) is 9.23. The van der Waals surface area contributed by atoms with Crippen LogP contribution in [0.4, 0.5) is 0 Å². The Balaban J connectivity index is 2.01. The van der Waals surface area contributed by atoms with Gasteiger partial charge in [0.2, 0.25) is 0 Å². The van der Waals surface area contributed by atoms with Gasteiger partial charge in [-0.1, -0.05) is 27.7 Å². The lowest BCUT2D eigenvalue weighted by Gasteiger charge is -2.19. The number of carbonyl (C=O) groups excluding carboxylic acids is 2. The number of fused-ring (bicyclic) bond motifs is 8. The summed E-state index contributed by atoms with van der Waals surface area (Å²) >= 11 is 0. The maximum absolute atomic E-state index is 13.7. The van der Waals surface area contributed by atoms with Gasteiger partial charge in [0.25, 0.3) is 0 Å². The fourth-order valence-corrected chi connectivity index (χ4v) is 6.02. The molecule has 38 heavy (non-hydrogen) atoms. The third kappa shape index (κ3) is 3.60. The van der Waals surface area contributed by atoms with E-state index in [0.29, 0.717) is 24.2 Å². The van der Waals surface area contributed by atoms with Crippen molar-refractivity contribution >= 4 is 33.6 Å². The molecule has 0 amide bonds. The number of aryl methyl sites for hydroxylation is 4. The molecule has 0 saturated carbocycles. The number of hydrogen-bond acceptors (Lipinski definition) is 4. The molecule has 2 aliphatic heterocycles. The van der Waals surface area contributed by atoms with Crippen LogP contribution in [0.25, 0.3) is 22.1 Å². The Morgan fingerprint density at radius 1 is 0.632 bits per heavy atom. The van der Waals surface area contributed by atoms with Crippen LogP contribution in [0.2, 0.25) is 0 Å². The molecule has 2 unspecified atom stereocenters. The first-order valence-corrected chi connectivity index (χ1v) is 13.9. The van der Waals surface area contributed by atoms with Gasteiger partial charge in [-0.05, 0) is 99.9 Å². The first kappa shape index (κ1) is 26.1. The van der Waals surface area contributed by atoms with Crippen molar-refractivity contribution in [3.05, 3.63) is 69.3 Å². The van der Waals surface area contributed by atoms with Gasteiger partial charge < -0.3 is 9.97 Å². The predicted molar refractivity (Wildman–Crippen MR) is 153 cm³/mol. The van der Waals surface area contributed by atoms with Crippen LogP contribution in [0.5, 0.6) is 0 Å². The third-order valence-corrected chi connectivity index (χ3v) is 9.23. The van der Waals surface area contributed by atoms with Crippen molar-refractivity contribution in [3.63, 3.8) is 0 Å². The molecule has 5 heterocycles. The highest BCUT2D eigenvalue weighted by molar-refractivity contribution is 6.06. The summed E-state index contributed by atoms with van der Waals surface area (Å²) in [4.78, 5) is 44.3. The van der Waals surface area contributed by atoms with E-state index in [2.05, 4.69) is 37.7 Å². The smallest absolute Gasteiger partial charge is 0.193 e. The molecule has 0 saturated heterocycles. The summed E-state index contributed by atoms with van der Waals surface area (Å²) in [5.74, 6) is 0.0733. The number of ketones is 2. The predicted octanol–water partition coefficient (Wildman–Crippen LogP) is 7.16. The first-order valence-electron chi connectivity index (χ1n) is 13.9. The van der Waals surface area contributed by atoms with E-state index >= 15 is 0 Å². The molecule has 5 rings (SSSR count). The highest BCUT2D eigenvalue weighted by Crippen LogP contribution is 2.38. The van der Waals surface area contributed by atoms with Gasteiger partial charge in [0.05, 0.1) is 22.2 Å². The fraction of sp³-hybridized carbons (Fsp3) is 0.438. The molecule has 2 N–H and O–H groups in total. The van der Waals surface area contributed by atoms with Crippen molar-refractivity contribution in [1.29, 1.82) is 0 Å². The minimum Gasteiger partial charge on any atom is -0.355 e. The summed E-state index contributed by atoms with van der Waals surface area (Å²) in [6.45, 7) is 16.5. The van der Waals surface area contributed by atoms with E-state index in [1.807, 2.05) is 52.0 Å². The Morgan fingerprint density at radius 2 is 1.00 bits per heavy atom. The SMILES string of the molecule is CCc1c(C)c2cc3nc(cc4[nH]c(cc5nc(cc1[nH]2)C(=O)C5(C)CC)c(C)c4CC)C(C)(CC)C3=O. The van der Waals surface area contributed by atoms with E-state index in [4.69, 9.17) is 9.97 Å². The van der Waals surface area contributed by atoms with Crippen molar-refractivity contribution in [2.24, 2.45) is 0 Å². The summed E-state index contributed by atoms with van der Waals surface area (Å²) in [7, 11) is 0.